The summed E-state index contributed by atoms with van der Waals surface area (Å²) in [5.41, 5.74) is 2.31. The van der Waals surface area contributed by atoms with Crippen molar-refractivity contribution in [1.29, 1.82) is 0 Å². The van der Waals surface area contributed by atoms with E-state index in [1.165, 1.54) is 12.3 Å². The predicted molar refractivity (Wildman–Crippen MR) is 140 cm³/mol. The van der Waals surface area contributed by atoms with E-state index in [9.17, 15) is 4.79 Å². The number of piperidine rings is 1. The Labute approximate surface area is 208 Å². The molecule has 1 amide bonds. The fourth-order valence-corrected chi connectivity index (χ4v) is 5.75. The van der Waals surface area contributed by atoms with Crippen LogP contribution < -0.4 is 5.32 Å². The Bertz CT molecular complexity index is 1050. The van der Waals surface area contributed by atoms with Gasteiger partial charge in [-0.1, -0.05) is 26.2 Å². The zero-order chi connectivity index (χ0) is 25.0. The van der Waals surface area contributed by atoms with Crippen LogP contribution in [0.5, 0.6) is 0 Å². The Balaban J connectivity index is 1.64. The maximum Gasteiger partial charge on any atom is 0.246 e. The number of likely N-dealkylation sites (tertiary alicyclic amines) is 1. The Morgan fingerprint density at radius 3 is 2.83 bits per heavy atom. The lowest BCUT2D eigenvalue weighted by molar-refractivity contribution is -0.127. The number of amides is 1. The van der Waals surface area contributed by atoms with Gasteiger partial charge in [-0.05, 0) is 49.3 Å². The monoisotopic (exact) mass is 502 g/mol. The molecular formula is C26H39FN4O3Si. The first-order chi connectivity index (χ1) is 16.8. The number of aromatic nitrogens is 2. The molecule has 0 aromatic carbocycles. The Hall–Kier alpha value is -2.23. The van der Waals surface area contributed by atoms with E-state index in [2.05, 4.69) is 42.7 Å². The highest BCUT2D eigenvalue weighted by atomic mass is 28.3. The van der Waals surface area contributed by atoms with Crippen molar-refractivity contribution in [2.45, 2.75) is 70.1 Å². The second-order valence-electron chi connectivity index (χ2n) is 10.9. The molecule has 7 nitrogen and oxygen atoms in total. The number of hydrogen-bond acceptors (Lipinski definition) is 5. The number of halogens is 1. The van der Waals surface area contributed by atoms with Crippen LogP contribution in [0.15, 0.2) is 25.0 Å². The molecular weight excluding hydrogens is 463 g/mol. The zero-order valence-electron chi connectivity index (χ0n) is 21.3. The predicted octanol–water partition coefficient (Wildman–Crippen LogP) is 4.97. The highest BCUT2D eigenvalue weighted by Gasteiger charge is 2.28. The summed E-state index contributed by atoms with van der Waals surface area (Å²) in [6.45, 7) is 14.4. The van der Waals surface area contributed by atoms with Crippen molar-refractivity contribution in [2.24, 2.45) is 0 Å². The molecule has 4 rings (SSSR count). The molecule has 2 saturated heterocycles. The molecule has 2 fully saturated rings. The number of pyridine rings is 1. The lowest BCUT2D eigenvalue weighted by atomic mass is 9.91. The molecule has 0 spiro atoms. The zero-order valence-corrected chi connectivity index (χ0v) is 22.3. The average Bonchev–Trinajstić information content (AvgIpc) is 3.22. The van der Waals surface area contributed by atoms with Gasteiger partial charge in [-0.15, -0.1) is 0 Å². The molecule has 35 heavy (non-hydrogen) atoms. The van der Waals surface area contributed by atoms with E-state index in [0.717, 1.165) is 48.3 Å². The standard InChI is InChI=1S/C26H39FN4O3Si/c1-5-23(32)30-10-6-7-20(16-30)29-25-22(27)15-28-26-24(25)21(19-8-11-33-12-9-19)17-31(26)18-34-13-14-35(2,3)4/h5,15,17,19-20H,1,6-14,16,18H2,2-4H3,(H,28,29)/t20-/m1/s1. The van der Waals surface area contributed by atoms with Gasteiger partial charge in [-0.2, -0.15) is 0 Å². The number of ether oxygens (including phenoxy) is 2. The number of rotatable bonds is 9. The molecule has 2 aromatic rings. The van der Waals surface area contributed by atoms with Gasteiger partial charge in [0.25, 0.3) is 0 Å². The van der Waals surface area contributed by atoms with Gasteiger partial charge in [0.2, 0.25) is 5.91 Å². The van der Waals surface area contributed by atoms with Crippen molar-refractivity contribution in [2.75, 3.05) is 38.2 Å². The fraction of sp³-hybridized carbons (Fsp3) is 0.615. The summed E-state index contributed by atoms with van der Waals surface area (Å²) in [5, 5.41) is 4.29. The first-order valence-electron chi connectivity index (χ1n) is 12.8. The van der Waals surface area contributed by atoms with Crippen LogP contribution in [-0.2, 0) is 21.0 Å². The highest BCUT2D eigenvalue weighted by Crippen LogP contribution is 2.38. The van der Waals surface area contributed by atoms with Crippen LogP contribution in [0.3, 0.4) is 0 Å². The third-order valence-electron chi connectivity index (χ3n) is 7.01. The van der Waals surface area contributed by atoms with Gasteiger partial charge in [0.15, 0.2) is 5.82 Å². The summed E-state index contributed by atoms with van der Waals surface area (Å²) in [6, 6.07) is 1.06. The second-order valence-corrected chi connectivity index (χ2v) is 16.6. The smallest absolute Gasteiger partial charge is 0.246 e. The number of nitrogens with one attached hydrogen (secondary N) is 1. The van der Waals surface area contributed by atoms with Crippen LogP contribution in [0, 0.1) is 5.82 Å². The van der Waals surface area contributed by atoms with Gasteiger partial charge in [-0.3, -0.25) is 4.79 Å². The number of carbonyl (C=O) groups is 1. The number of nitrogens with zero attached hydrogens (tertiary/aromatic N) is 3. The molecule has 2 aromatic heterocycles. The van der Waals surface area contributed by atoms with Gasteiger partial charge < -0.3 is 24.3 Å². The minimum Gasteiger partial charge on any atom is -0.381 e. The molecule has 0 radical (unpaired) electrons. The fourth-order valence-electron chi connectivity index (χ4n) is 4.99. The summed E-state index contributed by atoms with van der Waals surface area (Å²) >= 11 is 0. The van der Waals surface area contributed by atoms with Crippen molar-refractivity contribution in [3.05, 3.63) is 36.4 Å². The normalized spacial score (nSPS) is 19.8. The van der Waals surface area contributed by atoms with Crippen LogP contribution in [0.2, 0.25) is 25.7 Å². The van der Waals surface area contributed by atoms with Crippen LogP contribution in [0.4, 0.5) is 10.1 Å². The second kappa shape index (κ2) is 11.2. The first kappa shape index (κ1) is 25.8. The molecule has 1 N–H and O–H groups in total. The number of anilines is 1. The molecule has 4 heterocycles. The van der Waals surface area contributed by atoms with Crippen molar-refractivity contribution >= 4 is 30.7 Å². The maximum atomic E-state index is 15.3. The Kier molecular flexibility index (Phi) is 8.29. The van der Waals surface area contributed by atoms with Crippen molar-refractivity contribution in [3.63, 3.8) is 0 Å². The highest BCUT2D eigenvalue weighted by molar-refractivity contribution is 6.76. The van der Waals surface area contributed by atoms with E-state index in [4.69, 9.17) is 9.47 Å². The number of hydrogen-bond donors (Lipinski definition) is 1. The maximum absolute atomic E-state index is 15.3. The van der Waals surface area contributed by atoms with Gasteiger partial charge >= 0.3 is 0 Å². The molecule has 0 bridgehead atoms. The third kappa shape index (κ3) is 6.31. The van der Waals surface area contributed by atoms with Crippen LogP contribution in [0.1, 0.15) is 37.2 Å². The molecule has 0 aliphatic carbocycles. The Morgan fingerprint density at radius 1 is 1.34 bits per heavy atom. The van der Waals surface area contributed by atoms with Crippen molar-refractivity contribution < 1.29 is 18.7 Å². The van der Waals surface area contributed by atoms with Crippen LogP contribution in [-0.4, -0.2) is 67.4 Å². The van der Waals surface area contributed by atoms with E-state index in [-0.39, 0.29) is 23.7 Å². The number of fused-ring (bicyclic) bond motifs is 1. The van der Waals surface area contributed by atoms with E-state index in [0.29, 0.717) is 45.3 Å². The van der Waals surface area contributed by atoms with Crippen LogP contribution >= 0.6 is 0 Å². The lowest BCUT2D eigenvalue weighted by Crippen LogP contribution is -2.44. The quantitative estimate of drug-likeness (QED) is 0.298. The van der Waals surface area contributed by atoms with E-state index in [1.54, 1.807) is 4.90 Å². The SMILES string of the molecule is C=CC(=O)N1CCC[C@@H](Nc2c(F)cnc3c2c(C2CCOCC2)cn3COCC[Si](C)(C)C)C1. The van der Waals surface area contributed by atoms with Gasteiger partial charge in [0.1, 0.15) is 12.4 Å². The molecule has 0 saturated carbocycles. The topological polar surface area (TPSA) is 68.6 Å². The van der Waals surface area contributed by atoms with Gasteiger partial charge in [-0.25, -0.2) is 9.37 Å². The minimum absolute atomic E-state index is 0.0355. The molecule has 1 atom stereocenters. The summed E-state index contributed by atoms with van der Waals surface area (Å²) < 4.78 is 29.0. The third-order valence-corrected chi connectivity index (χ3v) is 8.72. The first-order valence-corrected chi connectivity index (χ1v) is 16.5. The number of carbonyl (C=O) groups excluding carboxylic acids is 1. The molecule has 192 valence electrons. The Morgan fingerprint density at radius 2 is 2.11 bits per heavy atom. The largest absolute Gasteiger partial charge is 0.381 e. The van der Waals surface area contributed by atoms with Crippen LogP contribution in [0.25, 0.3) is 11.0 Å². The molecule has 9 heteroatoms. The molecule has 2 aliphatic heterocycles. The summed E-state index contributed by atoms with van der Waals surface area (Å²) in [7, 11) is -1.19. The summed E-state index contributed by atoms with van der Waals surface area (Å²) in [4.78, 5) is 18.4. The van der Waals surface area contributed by atoms with E-state index in [1.807, 2.05) is 4.57 Å². The van der Waals surface area contributed by atoms with E-state index >= 15 is 4.39 Å². The minimum atomic E-state index is -1.19. The van der Waals surface area contributed by atoms with Gasteiger partial charge in [0, 0.05) is 58.6 Å². The molecule has 0 unspecified atom stereocenters. The average molecular weight is 503 g/mol. The van der Waals surface area contributed by atoms with Gasteiger partial charge in [0.05, 0.1) is 11.9 Å². The van der Waals surface area contributed by atoms with Crippen molar-refractivity contribution in [1.82, 2.24) is 14.5 Å². The van der Waals surface area contributed by atoms with E-state index < -0.39 is 8.07 Å². The van der Waals surface area contributed by atoms with Crippen molar-refractivity contribution in [3.8, 4) is 0 Å². The summed E-state index contributed by atoms with van der Waals surface area (Å²) in [5.74, 6) is -0.166. The molecule has 2 aliphatic rings. The summed E-state index contributed by atoms with van der Waals surface area (Å²) in [6.07, 6.45) is 8.28. The lowest BCUT2D eigenvalue weighted by Gasteiger charge is -2.33.